The lowest BCUT2D eigenvalue weighted by Gasteiger charge is -2.34. The molecule has 5 rings (SSSR count). The minimum atomic E-state index is -1.15. The lowest BCUT2D eigenvalue weighted by Crippen LogP contribution is -2.36. The number of nitrogens with zero attached hydrogens (tertiary/aromatic N) is 6. The molecule has 1 aromatic carbocycles. The molecular weight excluding hydrogens is 518 g/mol. The number of aliphatic hydroxyl groups is 2. The second-order valence-corrected chi connectivity index (χ2v) is 11.3. The number of nitrogens with one attached hydrogen (secondary N) is 1. The SMILES string of the molecule is C=CCn1c(=O)c2cnc(Nc3ccc(C4CCC(N(C)CCO)CC4)cc3)nc2n1-c1cccc(C(C)(C)O)n1. The minimum absolute atomic E-state index is 0.201. The van der Waals surface area contributed by atoms with Gasteiger partial charge in [0.25, 0.3) is 5.56 Å². The van der Waals surface area contributed by atoms with Crippen LogP contribution in [0.15, 0.2) is 66.1 Å². The molecule has 1 aliphatic carbocycles. The molecule has 0 unspecified atom stereocenters. The highest BCUT2D eigenvalue weighted by Crippen LogP contribution is 2.35. The topological polar surface area (TPSA) is 121 Å². The highest BCUT2D eigenvalue weighted by Gasteiger charge is 2.25. The average Bonchev–Trinajstić information content (AvgIpc) is 3.24. The van der Waals surface area contributed by atoms with Crippen molar-refractivity contribution in [1.82, 2.24) is 29.2 Å². The number of hydrogen-bond donors (Lipinski definition) is 3. The van der Waals surface area contributed by atoms with E-state index in [1.807, 2.05) is 12.1 Å². The molecule has 3 N–H and O–H groups in total. The molecule has 0 radical (unpaired) electrons. The van der Waals surface area contributed by atoms with Gasteiger partial charge in [0.2, 0.25) is 5.95 Å². The molecule has 0 bridgehead atoms. The summed E-state index contributed by atoms with van der Waals surface area (Å²) in [5.41, 5.74) is 1.67. The van der Waals surface area contributed by atoms with E-state index < -0.39 is 5.60 Å². The van der Waals surface area contributed by atoms with Gasteiger partial charge in [0.15, 0.2) is 11.5 Å². The van der Waals surface area contributed by atoms with Crippen LogP contribution in [0.2, 0.25) is 0 Å². The van der Waals surface area contributed by atoms with Gasteiger partial charge in [-0.05, 0) is 82.3 Å². The van der Waals surface area contributed by atoms with E-state index in [1.165, 1.54) is 16.4 Å². The first-order chi connectivity index (χ1) is 19.7. The number of rotatable bonds is 10. The number of likely N-dealkylation sites (N-methyl/N-ethyl adjacent to an activating group) is 1. The molecule has 10 nitrogen and oxygen atoms in total. The fourth-order valence-electron chi connectivity index (χ4n) is 5.65. The molecule has 0 saturated heterocycles. The van der Waals surface area contributed by atoms with Gasteiger partial charge in [-0.2, -0.15) is 4.98 Å². The second kappa shape index (κ2) is 11.9. The maximum absolute atomic E-state index is 13.2. The molecule has 3 heterocycles. The summed E-state index contributed by atoms with van der Waals surface area (Å²) in [6.07, 6.45) is 7.71. The van der Waals surface area contributed by atoms with Crippen molar-refractivity contribution in [2.45, 2.75) is 63.6 Å². The minimum Gasteiger partial charge on any atom is -0.395 e. The number of hydrogen-bond acceptors (Lipinski definition) is 8. The van der Waals surface area contributed by atoms with Crippen LogP contribution in [-0.4, -0.2) is 65.7 Å². The molecule has 0 spiro atoms. The molecule has 0 amide bonds. The van der Waals surface area contributed by atoms with Crippen LogP contribution in [0.25, 0.3) is 16.9 Å². The van der Waals surface area contributed by atoms with Crippen LogP contribution in [0.1, 0.15) is 56.7 Å². The standard InChI is InChI=1S/C31H39N7O3/c1-5-17-37-29(40)25-20-32-30(35-28(25)38(37)27-8-6-7-26(34-27)31(2,3)41)33-23-13-9-21(10-14-23)22-11-15-24(16-12-22)36(4)18-19-39/h5-10,13-14,20,22,24,39,41H,1,11-12,15-19H2,2-4H3,(H,32,33,35). The van der Waals surface area contributed by atoms with Crippen molar-refractivity contribution in [1.29, 1.82) is 0 Å². The highest BCUT2D eigenvalue weighted by atomic mass is 16.3. The molecule has 41 heavy (non-hydrogen) atoms. The van der Waals surface area contributed by atoms with Crippen molar-refractivity contribution >= 4 is 22.7 Å². The van der Waals surface area contributed by atoms with Crippen molar-refractivity contribution in [3.05, 3.63) is 82.9 Å². The van der Waals surface area contributed by atoms with Crippen LogP contribution in [0, 0.1) is 0 Å². The number of anilines is 2. The van der Waals surface area contributed by atoms with Gasteiger partial charge in [0.1, 0.15) is 11.0 Å². The third-order valence-electron chi connectivity index (χ3n) is 7.97. The molecule has 1 fully saturated rings. The van der Waals surface area contributed by atoms with Gasteiger partial charge in [0, 0.05) is 24.5 Å². The molecule has 0 atom stereocenters. The van der Waals surface area contributed by atoms with Crippen LogP contribution >= 0.6 is 0 Å². The molecule has 4 aromatic rings. The van der Waals surface area contributed by atoms with E-state index in [2.05, 4.69) is 45.9 Å². The van der Waals surface area contributed by atoms with Crippen LogP contribution in [0.3, 0.4) is 0 Å². The van der Waals surface area contributed by atoms with Crippen LogP contribution in [0.4, 0.5) is 11.6 Å². The Labute approximate surface area is 240 Å². The quantitative estimate of drug-likeness (QED) is 0.250. The van der Waals surface area contributed by atoms with Crippen molar-refractivity contribution in [3.63, 3.8) is 0 Å². The van der Waals surface area contributed by atoms with Crippen molar-refractivity contribution in [3.8, 4) is 5.82 Å². The summed E-state index contributed by atoms with van der Waals surface area (Å²) in [7, 11) is 2.10. The summed E-state index contributed by atoms with van der Waals surface area (Å²) in [5, 5.41) is 23.4. The Morgan fingerprint density at radius 3 is 2.51 bits per heavy atom. The number of pyridine rings is 1. The van der Waals surface area contributed by atoms with Gasteiger partial charge >= 0.3 is 0 Å². The van der Waals surface area contributed by atoms with Crippen LogP contribution in [0.5, 0.6) is 0 Å². The molecule has 10 heteroatoms. The smallest absolute Gasteiger partial charge is 0.278 e. The summed E-state index contributed by atoms with van der Waals surface area (Å²) >= 11 is 0. The summed E-state index contributed by atoms with van der Waals surface area (Å²) in [6, 6.07) is 14.3. The molecule has 216 valence electrons. The third-order valence-corrected chi connectivity index (χ3v) is 7.97. The maximum atomic E-state index is 13.2. The van der Waals surface area contributed by atoms with Crippen LogP contribution in [-0.2, 0) is 12.1 Å². The number of aliphatic hydroxyl groups excluding tert-OH is 1. The fraction of sp³-hybridized carbons (Fsp3) is 0.419. The number of allylic oxidation sites excluding steroid dienone is 1. The van der Waals surface area contributed by atoms with Gasteiger partial charge in [-0.25, -0.2) is 19.3 Å². The average molecular weight is 558 g/mol. The summed E-state index contributed by atoms with van der Waals surface area (Å²) in [4.78, 5) is 29.3. The predicted molar refractivity (Wildman–Crippen MR) is 161 cm³/mol. The fourth-order valence-corrected chi connectivity index (χ4v) is 5.65. The first kappa shape index (κ1) is 28.7. The first-order valence-electron chi connectivity index (χ1n) is 14.2. The predicted octanol–water partition coefficient (Wildman–Crippen LogP) is 4.08. The van der Waals surface area contributed by atoms with Gasteiger partial charge in [0.05, 0.1) is 18.8 Å². The summed E-state index contributed by atoms with van der Waals surface area (Å²) in [6.45, 7) is 8.32. The molecule has 1 aliphatic rings. The van der Waals surface area contributed by atoms with E-state index in [9.17, 15) is 15.0 Å². The second-order valence-electron chi connectivity index (χ2n) is 11.3. The highest BCUT2D eigenvalue weighted by molar-refractivity contribution is 5.77. The van der Waals surface area contributed by atoms with Crippen molar-refractivity contribution < 1.29 is 10.2 Å². The Bertz CT molecular complexity index is 1560. The van der Waals surface area contributed by atoms with E-state index in [0.29, 0.717) is 40.5 Å². The van der Waals surface area contributed by atoms with Gasteiger partial charge in [-0.15, -0.1) is 6.58 Å². The van der Waals surface area contributed by atoms with E-state index in [0.717, 1.165) is 37.9 Å². The van der Waals surface area contributed by atoms with E-state index >= 15 is 0 Å². The zero-order valence-corrected chi connectivity index (χ0v) is 24.0. The van der Waals surface area contributed by atoms with Gasteiger partial charge in [-0.3, -0.25) is 4.79 Å². The van der Waals surface area contributed by atoms with E-state index in [1.54, 1.807) is 42.8 Å². The molecular formula is C31H39N7O3. The number of fused-ring (bicyclic) bond motifs is 1. The Hall–Kier alpha value is -3.86. The van der Waals surface area contributed by atoms with Gasteiger partial charge in [-0.1, -0.05) is 24.3 Å². The Balaban J connectivity index is 1.39. The van der Waals surface area contributed by atoms with E-state index in [4.69, 9.17) is 4.98 Å². The molecule has 1 saturated carbocycles. The Kier molecular flexibility index (Phi) is 8.35. The first-order valence-corrected chi connectivity index (χ1v) is 14.2. The Morgan fingerprint density at radius 2 is 1.85 bits per heavy atom. The van der Waals surface area contributed by atoms with Gasteiger partial charge < -0.3 is 20.4 Å². The summed E-state index contributed by atoms with van der Waals surface area (Å²) < 4.78 is 3.16. The van der Waals surface area contributed by atoms with Crippen molar-refractivity contribution in [2.75, 3.05) is 25.5 Å². The Morgan fingerprint density at radius 1 is 1.12 bits per heavy atom. The monoisotopic (exact) mass is 557 g/mol. The van der Waals surface area contributed by atoms with Crippen LogP contribution < -0.4 is 10.9 Å². The summed E-state index contributed by atoms with van der Waals surface area (Å²) in [5.74, 6) is 1.35. The number of aromatic nitrogens is 5. The van der Waals surface area contributed by atoms with Crippen molar-refractivity contribution in [2.24, 2.45) is 0 Å². The zero-order chi connectivity index (χ0) is 29.1. The largest absolute Gasteiger partial charge is 0.395 e. The third kappa shape index (κ3) is 6.09. The number of benzene rings is 1. The normalized spacial score (nSPS) is 17.7. The lowest BCUT2D eigenvalue weighted by atomic mass is 9.81. The maximum Gasteiger partial charge on any atom is 0.278 e. The van der Waals surface area contributed by atoms with E-state index in [-0.39, 0.29) is 18.7 Å². The molecule has 0 aliphatic heterocycles. The molecule has 3 aromatic heterocycles. The lowest BCUT2D eigenvalue weighted by molar-refractivity contribution is 0.0738. The zero-order valence-electron chi connectivity index (χ0n) is 24.0.